The van der Waals surface area contributed by atoms with E-state index in [1.807, 2.05) is 30.3 Å². The van der Waals surface area contributed by atoms with Crippen molar-refractivity contribution in [2.24, 2.45) is 11.8 Å². The summed E-state index contributed by atoms with van der Waals surface area (Å²) in [4.78, 5) is 11.9. The van der Waals surface area contributed by atoms with Gasteiger partial charge in [-0.15, -0.1) is 0 Å². The van der Waals surface area contributed by atoms with E-state index in [2.05, 4.69) is 12.2 Å². The SMILES string of the molecule is CCC1CCC(CNC(=O)CCCOc2ccccc2)CC1. The summed E-state index contributed by atoms with van der Waals surface area (Å²) in [7, 11) is 0. The third-order valence-electron chi connectivity index (χ3n) is 4.69. The Labute approximate surface area is 134 Å². The number of hydrogen-bond donors (Lipinski definition) is 1. The summed E-state index contributed by atoms with van der Waals surface area (Å²) < 4.78 is 5.60. The fourth-order valence-electron chi connectivity index (χ4n) is 3.13. The average Bonchev–Trinajstić information content (AvgIpc) is 2.58. The van der Waals surface area contributed by atoms with E-state index in [0.29, 0.717) is 18.9 Å². The van der Waals surface area contributed by atoms with Crippen molar-refractivity contribution in [3.05, 3.63) is 30.3 Å². The minimum absolute atomic E-state index is 0.161. The highest BCUT2D eigenvalue weighted by atomic mass is 16.5. The molecule has 0 aromatic heterocycles. The normalized spacial score (nSPS) is 21.3. The van der Waals surface area contributed by atoms with Gasteiger partial charge in [-0.05, 0) is 43.2 Å². The molecule has 1 fully saturated rings. The summed E-state index contributed by atoms with van der Waals surface area (Å²) in [5.41, 5.74) is 0. The maximum Gasteiger partial charge on any atom is 0.220 e. The molecule has 2 rings (SSSR count). The van der Waals surface area contributed by atoms with E-state index in [1.54, 1.807) is 0 Å². The monoisotopic (exact) mass is 303 g/mol. The van der Waals surface area contributed by atoms with Gasteiger partial charge >= 0.3 is 0 Å². The van der Waals surface area contributed by atoms with Crippen LogP contribution < -0.4 is 10.1 Å². The lowest BCUT2D eigenvalue weighted by atomic mass is 9.81. The van der Waals surface area contributed by atoms with Gasteiger partial charge in [-0.25, -0.2) is 0 Å². The molecule has 22 heavy (non-hydrogen) atoms. The zero-order chi connectivity index (χ0) is 15.6. The van der Waals surface area contributed by atoms with Crippen LogP contribution in [-0.4, -0.2) is 19.1 Å². The fraction of sp³-hybridized carbons (Fsp3) is 0.632. The minimum Gasteiger partial charge on any atom is -0.494 e. The van der Waals surface area contributed by atoms with E-state index >= 15 is 0 Å². The highest BCUT2D eigenvalue weighted by Gasteiger charge is 2.20. The first-order valence-corrected chi connectivity index (χ1v) is 8.72. The maximum atomic E-state index is 11.9. The van der Waals surface area contributed by atoms with Crippen LogP contribution in [0.25, 0.3) is 0 Å². The zero-order valence-corrected chi connectivity index (χ0v) is 13.7. The fourth-order valence-corrected chi connectivity index (χ4v) is 3.13. The molecular formula is C19H29NO2. The summed E-state index contributed by atoms with van der Waals surface area (Å²) in [5.74, 6) is 2.64. The Morgan fingerprint density at radius 2 is 1.82 bits per heavy atom. The van der Waals surface area contributed by atoms with Crippen molar-refractivity contribution in [3.63, 3.8) is 0 Å². The molecule has 0 spiro atoms. The molecule has 1 aliphatic rings. The van der Waals surface area contributed by atoms with Crippen LogP contribution in [0.2, 0.25) is 0 Å². The standard InChI is InChI=1S/C19H29NO2/c1-2-16-10-12-17(13-11-16)15-20-19(21)9-6-14-22-18-7-4-3-5-8-18/h3-5,7-8,16-17H,2,6,9-15H2,1H3,(H,20,21). The van der Waals surface area contributed by atoms with Gasteiger partial charge in [0.15, 0.2) is 0 Å². The van der Waals surface area contributed by atoms with Gasteiger partial charge < -0.3 is 10.1 Å². The number of amides is 1. The van der Waals surface area contributed by atoms with Crippen LogP contribution in [0.5, 0.6) is 5.75 Å². The van der Waals surface area contributed by atoms with Gasteiger partial charge in [-0.2, -0.15) is 0 Å². The van der Waals surface area contributed by atoms with Gasteiger partial charge in [-0.3, -0.25) is 4.79 Å². The zero-order valence-electron chi connectivity index (χ0n) is 13.7. The largest absolute Gasteiger partial charge is 0.494 e. The summed E-state index contributed by atoms with van der Waals surface area (Å²) in [5, 5.41) is 3.09. The summed E-state index contributed by atoms with van der Waals surface area (Å²) in [6.07, 6.45) is 7.84. The predicted molar refractivity (Wildman–Crippen MR) is 89.9 cm³/mol. The van der Waals surface area contributed by atoms with Crippen LogP contribution in [-0.2, 0) is 4.79 Å². The highest BCUT2D eigenvalue weighted by molar-refractivity contribution is 5.75. The minimum atomic E-state index is 0.161. The molecule has 0 atom stereocenters. The number of hydrogen-bond acceptors (Lipinski definition) is 2. The molecule has 1 aromatic carbocycles. The molecule has 0 aliphatic heterocycles. The molecule has 1 aromatic rings. The number of ether oxygens (including phenoxy) is 1. The molecule has 1 aliphatic carbocycles. The van der Waals surface area contributed by atoms with E-state index in [4.69, 9.17) is 4.74 Å². The van der Waals surface area contributed by atoms with Crippen LogP contribution >= 0.6 is 0 Å². The topological polar surface area (TPSA) is 38.3 Å². The van der Waals surface area contributed by atoms with E-state index in [1.165, 1.54) is 32.1 Å². The summed E-state index contributed by atoms with van der Waals surface area (Å²) in [6.45, 7) is 3.73. The quantitative estimate of drug-likeness (QED) is 0.732. The summed E-state index contributed by atoms with van der Waals surface area (Å²) in [6, 6.07) is 9.75. The van der Waals surface area contributed by atoms with Gasteiger partial charge in [0.25, 0.3) is 0 Å². The van der Waals surface area contributed by atoms with Crippen molar-refractivity contribution in [2.75, 3.05) is 13.2 Å². The molecule has 1 saturated carbocycles. The van der Waals surface area contributed by atoms with Crippen molar-refractivity contribution in [3.8, 4) is 5.75 Å². The maximum absolute atomic E-state index is 11.9. The predicted octanol–water partition coefficient (Wildman–Crippen LogP) is 4.18. The molecule has 0 bridgehead atoms. The van der Waals surface area contributed by atoms with Crippen LogP contribution in [0.4, 0.5) is 0 Å². The number of para-hydroxylation sites is 1. The number of nitrogens with one attached hydrogen (secondary N) is 1. The second-order valence-electron chi connectivity index (χ2n) is 6.36. The van der Waals surface area contributed by atoms with Gasteiger partial charge in [0.05, 0.1) is 6.61 Å². The van der Waals surface area contributed by atoms with Crippen LogP contribution in [0, 0.1) is 11.8 Å². The second kappa shape index (κ2) is 9.50. The van der Waals surface area contributed by atoms with Crippen molar-refractivity contribution < 1.29 is 9.53 Å². The third kappa shape index (κ3) is 6.08. The number of rotatable bonds is 8. The molecule has 3 nitrogen and oxygen atoms in total. The van der Waals surface area contributed by atoms with Gasteiger partial charge in [0.2, 0.25) is 5.91 Å². The van der Waals surface area contributed by atoms with E-state index in [-0.39, 0.29) is 5.91 Å². The molecular weight excluding hydrogens is 274 g/mol. The second-order valence-corrected chi connectivity index (χ2v) is 6.36. The van der Waals surface area contributed by atoms with E-state index < -0.39 is 0 Å². The van der Waals surface area contributed by atoms with Crippen LogP contribution in [0.15, 0.2) is 30.3 Å². The first kappa shape index (κ1) is 16.9. The molecule has 1 N–H and O–H groups in total. The van der Waals surface area contributed by atoms with Crippen LogP contribution in [0.3, 0.4) is 0 Å². The van der Waals surface area contributed by atoms with Gasteiger partial charge in [0.1, 0.15) is 5.75 Å². The average molecular weight is 303 g/mol. The summed E-state index contributed by atoms with van der Waals surface area (Å²) >= 11 is 0. The molecule has 0 saturated heterocycles. The number of benzene rings is 1. The Morgan fingerprint density at radius 3 is 2.50 bits per heavy atom. The van der Waals surface area contributed by atoms with Gasteiger partial charge in [0, 0.05) is 13.0 Å². The lowest BCUT2D eigenvalue weighted by Gasteiger charge is -2.27. The van der Waals surface area contributed by atoms with E-state index in [0.717, 1.165) is 24.6 Å². The number of carbonyl (C=O) groups is 1. The van der Waals surface area contributed by atoms with E-state index in [9.17, 15) is 4.79 Å². The first-order chi connectivity index (χ1) is 10.8. The van der Waals surface area contributed by atoms with Crippen molar-refractivity contribution >= 4 is 5.91 Å². The molecule has 0 heterocycles. The first-order valence-electron chi connectivity index (χ1n) is 8.72. The molecule has 0 radical (unpaired) electrons. The third-order valence-corrected chi connectivity index (χ3v) is 4.69. The smallest absolute Gasteiger partial charge is 0.220 e. The highest BCUT2D eigenvalue weighted by Crippen LogP contribution is 2.30. The Bertz CT molecular complexity index is 424. The molecule has 1 amide bonds. The Balaban J connectivity index is 1.51. The number of carbonyl (C=O) groups excluding carboxylic acids is 1. The van der Waals surface area contributed by atoms with Gasteiger partial charge in [-0.1, -0.05) is 44.4 Å². The lowest BCUT2D eigenvalue weighted by molar-refractivity contribution is -0.121. The van der Waals surface area contributed by atoms with Crippen molar-refractivity contribution in [2.45, 2.75) is 51.9 Å². The molecule has 122 valence electrons. The molecule has 0 unspecified atom stereocenters. The van der Waals surface area contributed by atoms with Crippen LogP contribution in [0.1, 0.15) is 51.9 Å². The van der Waals surface area contributed by atoms with Crippen molar-refractivity contribution in [1.29, 1.82) is 0 Å². The lowest BCUT2D eigenvalue weighted by Crippen LogP contribution is -2.31. The Kier molecular flexibility index (Phi) is 7.27. The Hall–Kier alpha value is -1.51. The Morgan fingerprint density at radius 1 is 1.14 bits per heavy atom. The molecule has 3 heteroatoms. The van der Waals surface area contributed by atoms with Crippen molar-refractivity contribution in [1.82, 2.24) is 5.32 Å².